The molecule has 0 aliphatic carbocycles. The number of hydrogen-bond acceptors (Lipinski definition) is 8. The molecule has 0 unspecified atom stereocenters. The SMILES string of the molecule is CNC[C@H](C)CCCCCC(=O)CC(=O)/C=C(\CO)c1cc(OC)c(O)cc1Cc1cnc(N)cc1CCc1cccc(CCc2ccccc2)c1. The number of hydrogen-bond donors (Lipinski definition) is 4. The zero-order chi connectivity index (χ0) is 37.3. The maximum atomic E-state index is 13.1. The first-order valence-electron chi connectivity index (χ1n) is 18.4. The predicted molar refractivity (Wildman–Crippen MR) is 210 cm³/mol. The van der Waals surface area contributed by atoms with Crippen LogP contribution in [0.1, 0.15) is 84.4 Å². The van der Waals surface area contributed by atoms with E-state index in [4.69, 9.17) is 10.5 Å². The summed E-state index contributed by atoms with van der Waals surface area (Å²) in [7, 11) is 3.40. The fourth-order valence-electron chi connectivity index (χ4n) is 6.69. The van der Waals surface area contributed by atoms with E-state index in [1.165, 1.54) is 29.9 Å². The smallest absolute Gasteiger partial charge is 0.163 e. The topological polar surface area (TPSA) is 135 Å². The second kappa shape index (κ2) is 20.9. The molecule has 0 fully saturated rings. The van der Waals surface area contributed by atoms with E-state index in [1.54, 1.807) is 18.3 Å². The van der Waals surface area contributed by atoms with Crippen molar-refractivity contribution >= 4 is 23.0 Å². The number of nitrogen functional groups attached to an aromatic ring is 1. The Bertz CT molecular complexity index is 1790. The van der Waals surface area contributed by atoms with E-state index >= 15 is 0 Å². The molecule has 5 N–H and O–H groups in total. The van der Waals surface area contributed by atoms with Gasteiger partial charge >= 0.3 is 0 Å². The highest BCUT2D eigenvalue weighted by atomic mass is 16.5. The summed E-state index contributed by atoms with van der Waals surface area (Å²) in [4.78, 5) is 30.1. The summed E-state index contributed by atoms with van der Waals surface area (Å²) >= 11 is 0. The Labute approximate surface area is 309 Å². The maximum absolute atomic E-state index is 13.1. The molecule has 1 heterocycles. The van der Waals surface area contributed by atoms with Gasteiger partial charge in [0.15, 0.2) is 17.3 Å². The van der Waals surface area contributed by atoms with E-state index in [2.05, 4.69) is 65.8 Å². The molecule has 0 saturated carbocycles. The third kappa shape index (κ3) is 12.8. The number of aliphatic hydroxyl groups is 1. The number of rotatable bonds is 22. The third-order valence-electron chi connectivity index (χ3n) is 9.54. The number of carbonyl (C=O) groups is 2. The normalized spacial score (nSPS) is 12.1. The number of carbonyl (C=O) groups excluding carboxylic acids is 2. The van der Waals surface area contributed by atoms with Crippen LogP contribution in [0.5, 0.6) is 11.5 Å². The molecule has 0 amide bonds. The van der Waals surface area contributed by atoms with Crippen LogP contribution in [0.15, 0.2) is 85.1 Å². The molecule has 0 aliphatic heterocycles. The van der Waals surface area contributed by atoms with Gasteiger partial charge in [-0.05, 0) is 133 Å². The van der Waals surface area contributed by atoms with Gasteiger partial charge in [0.05, 0.1) is 20.1 Å². The van der Waals surface area contributed by atoms with E-state index in [-0.39, 0.29) is 29.5 Å². The zero-order valence-corrected chi connectivity index (χ0v) is 31.0. The number of pyridine rings is 1. The van der Waals surface area contributed by atoms with Gasteiger partial charge in [-0.15, -0.1) is 0 Å². The molecule has 0 spiro atoms. The monoisotopic (exact) mass is 705 g/mol. The molecule has 0 saturated heterocycles. The molecule has 4 rings (SSSR count). The number of phenols is 1. The fourth-order valence-corrected chi connectivity index (χ4v) is 6.69. The van der Waals surface area contributed by atoms with Crippen LogP contribution in [0, 0.1) is 5.92 Å². The minimum Gasteiger partial charge on any atom is -0.504 e. The van der Waals surface area contributed by atoms with Crippen molar-refractivity contribution in [1.29, 1.82) is 0 Å². The molecule has 0 bridgehead atoms. The van der Waals surface area contributed by atoms with Gasteiger partial charge in [0.2, 0.25) is 0 Å². The van der Waals surface area contributed by atoms with E-state index < -0.39 is 6.61 Å². The third-order valence-corrected chi connectivity index (χ3v) is 9.54. The standard InChI is InChI=1S/C44H55N3O5/c1-31(28-46-2)11-6-4-9-16-39(49)26-40(50)23-38(30-48)41-27-43(52-3)42(51)24-36(41)22-37-29-47-44(45)25-35(37)20-19-34-15-10-14-33(21-34)18-17-32-12-7-5-8-13-32/h5,7-8,10,12-15,21,23-25,27,29,31,46,48,51H,4,6,9,11,16-20,22,26,28,30H2,1-3H3,(H2,45,47)/b38-23+/t31-/m1/s1. The number of anilines is 1. The Morgan fingerprint density at radius 3 is 2.31 bits per heavy atom. The number of aromatic hydroxyl groups is 1. The van der Waals surface area contributed by atoms with Gasteiger partial charge in [0.25, 0.3) is 0 Å². The molecular weight excluding hydrogens is 650 g/mol. The fraction of sp³-hybridized carbons (Fsp3) is 0.386. The average molecular weight is 706 g/mol. The molecule has 8 nitrogen and oxygen atoms in total. The van der Waals surface area contributed by atoms with Crippen molar-refractivity contribution in [1.82, 2.24) is 10.3 Å². The van der Waals surface area contributed by atoms with Crippen molar-refractivity contribution in [3.63, 3.8) is 0 Å². The summed E-state index contributed by atoms with van der Waals surface area (Å²) in [5, 5.41) is 24.4. The van der Waals surface area contributed by atoms with Gasteiger partial charge < -0.3 is 26.0 Å². The lowest BCUT2D eigenvalue weighted by Gasteiger charge is -2.17. The summed E-state index contributed by atoms with van der Waals surface area (Å²) in [6.07, 6.45) is 10.9. The summed E-state index contributed by atoms with van der Waals surface area (Å²) in [6, 6.07) is 24.3. The largest absolute Gasteiger partial charge is 0.504 e. The highest BCUT2D eigenvalue weighted by molar-refractivity contribution is 6.07. The van der Waals surface area contributed by atoms with Gasteiger partial charge in [-0.2, -0.15) is 0 Å². The lowest BCUT2D eigenvalue weighted by atomic mass is 9.91. The van der Waals surface area contributed by atoms with E-state index in [0.717, 1.165) is 69.0 Å². The molecular formula is C44H55N3O5. The number of Topliss-reactive ketones (excluding diaryl/α,β-unsaturated/α-hetero) is 1. The molecule has 276 valence electrons. The van der Waals surface area contributed by atoms with E-state index in [9.17, 15) is 19.8 Å². The Balaban J connectivity index is 1.46. The Hall–Kier alpha value is -4.79. The number of nitrogens with zero attached hydrogens (tertiary/aromatic N) is 1. The molecule has 3 aromatic carbocycles. The molecule has 4 aromatic rings. The number of aryl methyl sites for hydroxylation is 4. The minimum absolute atomic E-state index is 0.0577. The number of nitrogens with two attached hydrogens (primary N) is 1. The van der Waals surface area contributed by atoms with Crippen molar-refractivity contribution in [2.45, 2.75) is 77.6 Å². The lowest BCUT2D eigenvalue weighted by molar-refractivity contribution is -0.124. The molecule has 8 heteroatoms. The van der Waals surface area contributed by atoms with Gasteiger partial charge in [-0.3, -0.25) is 9.59 Å². The number of methoxy groups -OCH3 is 1. The second-order valence-corrected chi connectivity index (χ2v) is 13.8. The van der Waals surface area contributed by atoms with Crippen LogP contribution in [0.25, 0.3) is 5.57 Å². The summed E-state index contributed by atoms with van der Waals surface area (Å²) in [6.45, 7) is 2.75. The number of benzene rings is 3. The van der Waals surface area contributed by atoms with Crippen LogP contribution >= 0.6 is 0 Å². The number of unbranched alkanes of at least 4 members (excludes halogenated alkanes) is 2. The first-order valence-corrected chi connectivity index (χ1v) is 18.4. The van der Waals surface area contributed by atoms with Gasteiger partial charge in [-0.25, -0.2) is 4.98 Å². The predicted octanol–water partition coefficient (Wildman–Crippen LogP) is 7.25. The summed E-state index contributed by atoms with van der Waals surface area (Å²) < 4.78 is 5.40. The maximum Gasteiger partial charge on any atom is 0.163 e. The number of allylic oxidation sites excluding steroid dienone is 1. The molecule has 52 heavy (non-hydrogen) atoms. The highest BCUT2D eigenvalue weighted by Gasteiger charge is 2.18. The number of nitrogens with one attached hydrogen (secondary N) is 1. The van der Waals surface area contributed by atoms with Crippen LogP contribution in [0.3, 0.4) is 0 Å². The Kier molecular flexibility index (Phi) is 16.1. The first-order chi connectivity index (χ1) is 25.2. The number of aliphatic hydroxyl groups excluding tert-OH is 1. The van der Waals surface area contributed by atoms with Crippen molar-refractivity contribution in [2.24, 2.45) is 5.92 Å². The van der Waals surface area contributed by atoms with Crippen LogP contribution in [-0.2, 0) is 41.7 Å². The Morgan fingerprint density at radius 1 is 0.885 bits per heavy atom. The van der Waals surface area contributed by atoms with Crippen LogP contribution in [0.2, 0.25) is 0 Å². The number of ether oxygens (including phenoxy) is 1. The molecule has 1 atom stereocenters. The first kappa shape index (κ1) is 40.0. The summed E-state index contributed by atoms with van der Waals surface area (Å²) in [5.41, 5.74) is 13.5. The molecule has 0 aliphatic rings. The highest BCUT2D eigenvalue weighted by Crippen LogP contribution is 2.35. The van der Waals surface area contributed by atoms with Crippen molar-refractivity contribution < 1.29 is 24.5 Å². The number of ketones is 2. The van der Waals surface area contributed by atoms with E-state index in [0.29, 0.717) is 41.3 Å². The average Bonchev–Trinajstić information content (AvgIpc) is 3.14. The minimum atomic E-state index is -0.431. The van der Waals surface area contributed by atoms with Crippen molar-refractivity contribution in [3.05, 3.63) is 124 Å². The van der Waals surface area contributed by atoms with Crippen LogP contribution in [-0.4, -0.2) is 54.1 Å². The van der Waals surface area contributed by atoms with Crippen LogP contribution < -0.4 is 15.8 Å². The van der Waals surface area contributed by atoms with Gasteiger partial charge in [0, 0.05) is 12.6 Å². The lowest BCUT2D eigenvalue weighted by Crippen LogP contribution is -2.15. The molecule has 0 radical (unpaired) electrons. The Morgan fingerprint density at radius 2 is 1.60 bits per heavy atom. The van der Waals surface area contributed by atoms with Gasteiger partial charge in [0.1, 0.15) is 11.6 Å². The van der Waals surface area contributed by atoms with Crippen molar-refractivity contribution in [3.8, 4) is 11.5 Å². The quantitative estimate of drug-likeness (QED) is 0.0382. The van der Waals surface area contributed by atoms with Gasteiger partial charge in [-0.1, -0.05) is 74.4 Å². The van der Waals surface area contributed by atoms with Crippen LogP contribution in [0.4, 0.5) is 5.82 Å². The number of phenolic OH excluding ortho intramolecular Hbond substituents is 1. The molecule has 1 aromatic heterocycles. The van der Waals surface area contributed by atoms with E-state index in [1.807, 2.05) is 19.2 Å². The number of aromatic nitrogens is 1. The van der Waals surface area contributed by atoms with Crippen molar-refractivity contribution in [2.75, 3.05) is 33.0 Å². The zero-order valence-electron chi connectivity index (χ0n) is 31.0. The second-order valence-electron chi connectivity index (χ2n) is 13.8. The summed E-state index contributed by atoms with van der Waals surface area (Å²) in [5.74, 6) is 0.697.